The van der Waals surface area contributed by atoms with E-state index in [-0.39, 0.29) is 30.5 Å². The van der Waals surface area contributed by atoms with E-state index in [1.165, 1.54) is 0 Å². The van der Waals surface area contributed by atoms with Crippen molar-refractivity contribution in [3.8, 4) is 0 Å². The van der Waals surface area contributed by atoms with E-state index in [1.807, 2.05) is 0 Å². The molecular weight excluding hydrogens is 220 g/mol. The first-order valence-corrected chi connectivity index (χ1v) is 6.02. The first-order chi connectivity index (χ1) is 7.99. The van der Waals surface area contributed by atoms with Crippen LogP contribution in [0.4, 0.5) is 0 Å². The molecule has 2 fully saturated rings. The van der Waals surface area contributed by atoms with E-state index in [2.05, 4.69) is 13.5 Å². The van der Waals surface area contributed by atoms with Gasteiger partial charge in [0.25, 0.3) is 0 Å². The van der Waals surface area contributed by atoms with E-state index in [9.17, 15) is 9.59 Å². The molecule has 0 aromatic heterocycles. The van der Waals surface area contributed by atoms with Crippen LogP contribution in [0.25, 0.3) is 0 Å². The number of hydrogen-bond acceptors (Lipinski definition) is 4. The first kappa shape index (κ1) is 12.1. The molecule has 0 bridgehead atoms. The van der Waals surface area contributed by atoms with Crippen molar-refractivity contribution < 1.29 is 19.1 Å². The third-order valence-corrected chi connectivity index (χ3v) is 3.62. The monoisotopic (exact) mass is 238 g/mol. The van der Waals surface area contributed by atoms with Crippen LogP contribution in [0.15, 0.2) is 12.2 Å². The van der Waals surface area contributed by atoms with Gasteiger partial charge in [-0.25, -0.2) is 4.79 Å². The zero-order valence-electron chi connectivity index (χ0n) is 10.3. The summed E-state index contributed by atoms with van der Waals surface area (Å²) in [4.78, 5) is 22.9. The van der Waals surface area contributed by atoms with Crippen molar-refractivity contribution in [2.75, 3.05) is 6.61 Å². The molecule has 1 saturated heterocycles. The van der Waals surface area contributed by atoms with Crippen LogP contribution in [-0.2, 0) is 19.1 Å². The van der Waals surface area contributed by atoms with Crippen molar-refractivity contribution >= 4 is 11.9 Å². The van der Waals surface area contributed by atoms with E-state index in [0.29, 0.717) is 11.5 Å². The highest BCUT2D eigenvalue weighted by molar-refractivity contribution is 5.87. The predicted molar refractivity (Wildman–Crippen MR) is 61.0 cm³/mol. The highest BCUT2D eigenvalue weighted by atomic mass is 16.6. The van der Waals surface area contributed by atoms with Crippen molar-refractivity contribution in [3.05, 3.63) is 12.2 Å². The Morgan fingerprint density at radius 3 is 2.88 bits per heavy atom. The molecule has 0 N–H and O–H groups in total. The summed E-state index contributed by atoms with van der Waals surface area (Å²) >= 11 is 0. The van der Waals surface area contributed by atoms with Gasteiger partial charge in [-0.2, -0.15) is 0 Å². The third kappa shape index (κ3) is 2.35. The van der Waals surface area contributed by atoms with Gasteiger partial charge in [0.15, 0.2) is 0 Å². The van der Waals surface area contributed by atoms with Gasteiger partial charge in [-0.3, -0.25) is 4.79 Å². The SMILES string of the molecule is C=C(C)C(=O)OCC1OC(=O)C2CC(C)CC12. The number of carbonyl (C=O) groups is 2. The van der Waals surface area contributed by atoms with Crippen LogP contribution in [0.5, 0.6) is 0 Å². The lowest BCUT2D eigenvalue weighted by molar-refractivity contribution is -0.152. The molecule has 0 amide bonds. The summed E-state index contributed by atoms with van der Waals surface area (Å²) < 4.78 is 10.3. The highest BCUT2D eigenvalue weighted by Crippen LogP contribution is 2.44. The molecule has 0 radical (unpaired) electrons. The van der Waals surface area contributed by atoms with Gasteiger partial charge in [0.1, 0.15) is 12.7 Å². The number of ether oxygens (including phenoxy) is 2. The summed E-state index contributed by atoms with van der Waals surface area (Å²) in [6.45, 7) is 7.41. The smallest absolute Gasteiger partial charge is 0.333 e. The zero-order valence-corrected chi connectivity index (χ0v) is 10.3. The van der Waals surface area contributed by atoms with E-state index < -0.39 is 5.97 Å². The molecule has 2 rings (SSSR count). The lowest BCUT2D eigenvalue weighted by Gasteiger charge is -2.16. The molecule has 4 heteroatoms. The van der Waals surface area contributed by atoms with Crippen LogP contribution >= 0.6 is 0 Å². The summed E-state index contributed by atoms with van der Waals surface area (Å²) in [6.07, 6.45) is 1.61. The largest absolute Gasteiger partial charge is 0.458 e. The van der Waals surface area contributed by atoms with Gasteiger partial charge in [-0.05, 0) is 25.7 Å². The van der Waals surface area contributed by atoms with Crippen molar-refractivity contribution in [2.24, 2.45) is 17.8 Å². The quantitative estimate of drug-likeness (QED) is 0.554. The fourth-order valence-corrected chi connectivity index (χ4v) is 2.78. The van der Waals surface area contributed by atoms with Crippen LogP contribution in [-0.4, -0.2) is 24.6 Å². The van der Waals surface area contributed by atoms with Gasteiger partial charge >= 0.3 is 11.9 Å². The molecule has 4 atom stereocenters. The third-order valence-electron chi connectivity index (χ3n) is 3.62. The number of hydrogen-bond donors (Lipinski definition) is 0. The average Bonchev–Trinajstić information content (AvgIpc) is 2.75. The Morgan fingerprint density at radius 1 is 1.53 bits per heavy atom. The number of fused-ring (bicyclic) bond motifs is 1. The Kier molecular flexibility index (Phi) is 3.22. The van der Waals surface area contributed by atoms with Crippen molar-refractivity contribution in [1.82, 2.24) is 0 Å². The van der Waals surface area contributed by atoms with Crippen LogP contribution < -0.4 is 0 Å². The van der Waals surface area contributed by atoms with E-state index >= 15 is 0 Å². The fourth-order valence-electron chi connectivity index (χ4n) is 2.78. The second kappa shape index (κ2) is 4.51. The molecule has 0 aromatic carbocycles. The molecular formula is C13H18O4. The maximum atomic E-state index is 11.6. The van der Waals surface area contributed by atoms with Gasteiger partial charge in [0, 0.05) is 11.5 Å². The molecule has 0 spiro atoms. The van der Waals surface area contributed by atoms with Gasteiger partial charge in [0.2, 0.25) is 0 Å². The van der Waals surface area contributed by atoms with E-state index in [0.717, 1.165) is 12.8 Å². The highest BCUT2D eigenvalue weighted by Gasteiger charge is 2.49. The Balaban J connectivity index is 1.92. The summed E-state index contributed by atoms with van der Waals surface area (Å²) in [5.41, 5.74) is 0.366. The standard InChI is InChI=1S/C13H18O4/c1-7(2)12(14)16-6-11-9-4-8(3)5-10(9)13(15)17-11/h8-11H,1,4-6H2,2-3H3. The number of esters is 2. The summed E-state index contributed by atoms with van der Waals surface area (Å²) in [7, 11) is 0. The molecule has 4 nitrogen and oxygen atoms in total. The Hall–Kier alpha value is -1.32. The number of cyclic esters (lactones) is 1. The molecule has 1 saturated carbocycles. The topological polar surface area (TPSA) is 52.6 Å². The van der Waals surface area contributed by atoms with Gasteiger partial charge in [-0.15, -0.1) is 0 Å². The zero-order chi connectivity index (χ0) is 12.6. The van der Waals surface area contributed by atoms with Crippen LogP contribution in [0, 0.1) is 17.8 Å². The van der Waals surface area contributed by atoms with Gasteiger partial charge < -0.3 is 9.47 Å². The first-order valence-electron chi connectivity index (χ1n) is 6.02. The molecule has 1 aliphatic heterocycles. The number of carbonyl (C=O) groups excluding carboxylic acids is 2. The minimum atomic E-state index is -0.421. The predicted octanol–water partition coefficient (Wildman–Crippen LogP) is 1.69. The fraction of sp³-hybridized carbons (Fsp3) is 0.692. The van der Waals surface area contributed by atoms with Crippen LogP contribution in [0.3, 0.4) is 0 Å². The molecule has 4 unspecified atom stereocenters. The average molecular weight is 238 g/mol. The molecule has 1 heterocycles. The molecule has 2 aliphatic rings. The summed E-state index contributed by atoms with van der Waals surface area (Å²) in [6, 6.07) is 0. The lowest BCUT2D eigenvalue weighted by Crippen LogP contribution is -2.25. The van der Waals surface area contributed by atoms with Gasteiger partial charge in [-0.1, -0.05) is 13.5 Å². The molecule has 17 heavy (non-hydrogen) atoms. The minimum absolute atomic E-state index is 0.0125. The number of rotatable bonds is 3. The Bertz CT molecular complexity index is 360. The van der Waals surface area contributed by atoms with Crippen molar-refractivity contribution in [2.45, 2.75) is 32.8 Å². The van der Waals surface area contributed by atoms with Crippen LogP contribution in [0.2, 0.25) is 0 Å². The lowest BCUT2D eigenvalue weighted by atomic mass is 9.94. The maximum Gasteiger partial charge on any atom is 0.333 e. The van der Waals surface area contributed by atoms with Gasteiger partial charge in [0.05, 0.1) is 5.92 Å². The summed E-state index contributed by atoms with van der Waals surface area (Å²) in [5, 5.41) is 0. The van der Waals surface area contributed by atoms with E-state index in [4.69, 9.17) is 9.47 Å². The normalized spacial score (nSPS) is 35.3. The Morgan fingerprint density at radius 2 is 2.24 bits per heavy atom. The summed E-state index contributed by atoms with van der Waals surface area (Å²) in [5.74, 6) is 0.234. The maximum absolute atomic E-state index is 11.6. The van der Waals surface area contributed by atoms with E-state index in [1.54, 1.807) is 6.92 Å². The van der Waals surface area contributed by atoms with Crippen molar-refractivity contribution in [3.63, 3.8) is 0 Å². The molecule has 1 aliphatic carbocycles. The second-order valence-electron chi connectivity index (χ2n) is 5.20. The van der Waals surface area contributed by atoms with Crippen LogP contribution in [0.1, 0.15) is 26.7 Å². The molecule has 0 aromatic rings. The van der Waals surface area contributed by atoms with Crippen molar-refractivity contribution in [1.29, 1.82) is 0 Å². The second-order valence-corrected chi connectivity index (χ2v) is 5.20. The minimum Gasteiger partial charge on any atom is -0.458 e. The molecule has 94 valence electrons. The Labute approximate surface area is 101 Å².